The Hall–Kier alpha value is -3.48. The van der Waals surface area contributed by atoms with Crippen LogP contribution in [-0.4, -0.2) is 30.7 Å². The topological polar surface area (TPSA) is 88.1 Å². The first-order valence-electron chi connectivity index (χ1n) is 8.52. The van der Waals surface area contributed by atoms with Crippen molar-refractivity contribution < 1.29 is 19.1 Å². The molecule has 2 aromatic rings. The molecule has 0 aliphatic carbocycles. The summed E-state index contributed by atoms with van der Waals surface area (Å²) in [7, 11) is 0. The number of hydrogen-bond donors (Lipinski definition) is 1. The van der Waals surface area contributed by atoms with E-state index < -0.39 is 23.8 Å². The first kappa shape index (κ1) is 18.3. The Labute approximate surface area is 156 Å². The van der Waals surface area contributed by atoms with Gasteiger partial charge in [0.25, 0.3) is 5.91 Å². The van der Waals surface area contributed by atoms with Crippen molar-refractivity contribution >= 4 is 35.4 Å². The van der Waals surface area contributed by atoms with Crippen molar-refractivity contribution in [1.29, 1.82) is 0 Å². The van der Waals surface area contributed by atoms with Crippen molar-refractivity contribution in [2.45, 2.75) is 13.8 Å². The Balaban J connectivity index is 1.81. The SMILES string of the molecule is CCOc1ccc(N=C[C@@H]2C(=O)NC(=O)N(c3ccc(C)cc3)C2=O)cc1. The molecule has 7 heteroatoms. The molecule has 1 saturated heterocycles. The highest BCUT2D eigenvalue weighted by Crippen LogP contribution is 2.22. The number of carbonyl (C=O) groups is 3. The second-order valence-electron chi connectivity index (χ2n) is 5.99. The van der Waals surface area contributed by atoms with Gasteiger partial charge >= 0.3 is 6.03 Å². The molecule has 2 aromatic carbocycles. The van der Waals surface area contributed by atoms with Gasteiger partial charge in [-0.25, -0.2) is 9.69 Å². The average Bonchev–Trinajstić information content (AvgIpc) is 2.64. The van der Waals surface area contributed by atoms with Gasteiger partial charge in [-0.05, 0) is 50.2 Å². The number of rotatable bonds is 5. The van der Waals surface area contributed by atoms with Crippen LogP contribution in [0.4, 0.5) is 16.2 Å². The third kappa shape index (κ3) is 4.03. The first-order chi connectivity index (χ1) is 13.0. The van der Waals surface area contributed by atoms with Crippen LogP contribution in [0.3, 0.4) is 0 Å². The maximum Gasteiger partial charge on any atom is 0.335 e. The summed E-state index contributed by atoms with van der Waals surface area (Å²) in [6.45, 7) is 4.35. The second kappa shape index (κ2) is 7.82. The molecule has 3 rings (SSSR count). The van der Waals surface area contributed by atoms with Crippen LogP contribution in [0.25, 0.3) is 0 Å². The molecular formula is C20H19N3O4. The van der Waals surface area contributed by atoms with E-state index in [2.05, 4.69) is 10.3 Å². The van der Waals surface area contributed by atoms with Gasteiger partial charge in [-0.2, -0.15) is 0 Å². The number of benzene rings is 2. The number of hydrogen-bond acceptors (Lipinski definition) is 5. The molecule has 0 aromatic heterocycles. The van der Waals surface area contributed by atoms with Crippen LogP contribution >= 0.6 is 0 Å². The van der Waals surface area contributed by atoms with E-state index in [1.54, 1.807) is 48.5 Å². The van der Waals surface area contributed by atoms with Crippen LogP contribution in [0.15, 0.2) is 53.5 Å². The van der Waals surface area contributed by atoms with Gasteiger partial charge in [0.15, 0.2) is 5.92 Å². The quantitative estimate of drug-likeness (QED) is 0.652. The summed E-state index contributed by atoms with van der Waals surface area (Å²) >= 11 is 0. The number of carbonyl (C=O) groups excluding carboxylic acids is 3. The first-order valence-corrected chi connectivity index (χ1v) is 8.52. The third-order valence-corrected chi connectivity index (χ3v) is 4.01. The summed E-state index contributed by atoms with van der Waals surface area (Å²) in [5.41, 5.74) is 1.96. The van der Waals surface area contributed by atoms with E-state index in [4.69, 9.17) is 4.74 Å². The summed E-state index contributed by atoms with van der Waals surface area (Å²) in [4.78, 5) is 42.1. The molecule has 138 valence electrons. The van der Waals surface area contributed by atoms with Crippen molar-refractivity contribution in [1.82, 2.24) is 5.32 Å². The monoisotopic (exact) mass is 365 g/mol. The number of ether oxygens (including phenoxy) is 1. The van der Waals surface area contributed by atoms with E-state index in [0.29, 0.717) is 23.7 Å². The van der Waals surface area contributed by atoms with Crippen molar-refractivity contribution in [2.75, 3.05) is 11.5 Å². The molecule has 1 heterocycles. The van der Waals surface area contributed by atoms with Crippen molar-refractivity contribution in [2.24, 2.45) is 10.9 Å². The minimum absolute atomic E-state index is 0.398. The normalized spacial score (nSPS) is 17.3. The molecule has 1 aliphatic rings. The van der Waals surface area contributed by atoms with Crippen LogP contribution < -0.4 is 15.0 Å². The zero-order chi connectivity index (χ0) is 19.4. The lowest BCUT2D eigenvalue weighted by atomic mass is 10.1. The standard InChI is InChI=1S/C20H19N3O4/c1-3-27-16-10-6-14(7-11-16)21-12-17-18(24)22-20(26)23(19(17)25)15-8-4-13(2)5-9-15/h4-12,17H,3H2,1-2H3,(H,22,24,26)/t17-/m1/s1. The highest BCUT2D eigenvalue weighted by Gasteiger charge is 2.40. The summed E-state index contributed by atoms with van der Waals surface area (Å²) in [6, 6.07) is 13.1. The van der Waals surface area contributed by atoms with E-state index >= 15 is 0 Å². The van der Waals surface area contributed by atoms with Gasteiger partial charge in [0, 0.05) is 6.21 Å². The second-order valence-corrected chi connectivity index (χ2v) is 5.99. The lowest BCUT2D eigenvalue weighted by molar-refractivity contribution is -0.131. The number of nitrogens with one attached hydrogen (secondary N) is 1. The average molecular weight is 365 g/mol. The molecule has 0 spiro atoms. The highest BCUT2D eigenvalue weighted by atomic mass is 16.5. The van der Waals surface area contributed by atoms with E-state index in [-0.39, 0.29) is 0 Å². The number of anilines is 1. The maximum atomic E-state index is 12.7. The van der Waals surface area contributed by atoms with Gasteiger partial charge in [0.1, 0.15) is 5.75 Å². The zero-order valence-corrected chi connectivity index (χ0v) is 15.0. The van der Waals surface area contributed by atoms with E-state index in [1.165, 1.54) is 6.21 Å². The number of aliphatic imine (C=N–C) groups is 1. The van der Waals surface area contributed by atoms with Crippen molar-refractivity contribution in [3.8, 4) is 5.75 Å². The van der Waals surface area contributed by atoms with Crippen molar-refractivity contribution in [3.05, 3.63) is 54.1 Å². The number of urea groups is 1. The predicted molar refractivity (Wildman–Crippen MR) is 101 cm³/mol. The van der Waals surface area contributed by atoms with Crippen LogP contribution in [0, 0.1) is 12.8 Å². The summed E-state index contributed by atoms with van der Waals surface area (Å²) in [5.74, 6) is -1.81. The van der Waals surface area contributed by atoms with Gasteiger partial charge in [0.2, 0.25) is 5.91 Å². The minimum Gasteiger partial charge on any atom is -0.494 e. The lowest BCUT2D eigenvalue weighted by Gasteiger charge is -2.28. The summed E-state index contributed by atoms with van der Waals surface area (Å²) in [6.07, 6.45) is 1.25. The van der Waals surface area contributed by atoms with Crippen molar-refractivity contribution in [3.63, 3.8) is 0 Å². The Morgan fingerprint density at radius 2 is 1.74 bits per heavy atom. The fourth-order valence-electron chi connectivity index (χ4n) is 2.62. The highest BCUT2D eigenvalue weighted by molar-refractivity contribution is 6.32. The molecule has 1 atom stereocenters. The number of barbiturate groups is 1. The number of nitrogens with zero attached hydrogens (tertiary/aromatic N) is 2. The van der Waals surface area contributed by atoms with Gasteiger partial charge in [-0.3, -0.25) is 19.9 Å². The zero-order valence-electron chi connectivity index (χ0n) is 15.0. The Kier molecular flexibility index (Phi) is 5.30. The summed E-state index contributed by atoms with van der Waals surface area (Å²) in [5, 5.41) is 2.20. The van der Waals surface area contributed by atoms with Crippen LogP contribution in [-0.2, 0) is 9.59 Å². The molecule has 0 bridgehead atoms. The van der Waals surface area contributed by atoms with Gasteiger partial charge in [0.05, 0.1) is 18.0 Å². The Bertz CT molecular complexity index is 888. The molecule has 27 heavy (non-hydrogen) atoms. The predicted octanol–water partition coefficient (Wildman–Crippen LogP) is 3.00. The number of amides is 4. The van der Waals surface area contributed by atoms with Gasteiger partial charge < -0.3 is 4.74 Å². The molecule has 1 aliphatic heterocycles. The lowest BCUT2D eigenvalue weighted by Crippen LogP contribution is -2.58. The van der Waals surface area contributed by atoms with Gasteiger partial charge in [-0.1, -0.05) is 17.7 Å². The van der Waals surface area contributed by atoms with E-state index in [9.17, 15) is 14.4 Å². The van der Waals surface area contributed by atoms with E-state index in [1.807, 2.05) is 13.8 Å². The number of imide groups is 2. The Morgan fingerprint density at radius 3 is 2.37 bits per heavy atom. The molecule has 0 radical (unpaired) electrons. The molecule has 4 amide bonds. The third-order valence-electron chi connectivity index (χ3n) is 4.01. The molecule has 1 fully saturated rings. The molecule has 0 saturated carbocycles. The van der Waals surface area contributed by atoms with Gasteiger partial charge in [-0.15, -0.1) is 0 Å². The molecule has 7 nitrogen and oxygen atoms in total. The fraction of sp³-hybridized carbons (Fsp3) is 0.200. The van der Waals surface area contributed by atoms with E-state index in [0.717, 1.165) is 10.5 Å². The molecule has 0 unspecified atom stereocenters. The van der Waals surface area contributed by atoms with Crippen LogP contribution in [0.2, 0.25) is 0 Å². The largest absolute Gasteiger partial charge is 0.494 e. The number of aryl methyl sites for hydroxylation is 1. The van der Waals surface area contributed by atoms with Crippen LogP contribution in [0.1, 0.15) is 12.5 Å². The summed E-state index contributed by atoms with van der Waals surface area (Å²) < 4.78 is 5.36. The molecule has 1 N–H and O–H groups in total. The maximum absolute atomic E-state index is 12.7. The molecular weight excluding hydrogens is 346 g/mol. The Morgan fingerprint density at radius 1 is 1.07 bits per heavy atom. The fourth-order valence-corrected chi connectivity index (χ4v) is 2.62. The minimum atomic E-state index is -1.18. The van der Waals surface area contributed by atoms with Crippen LogP contribution in [0.5, 0.6) is 5.75 Å². The smallest absolute Gasteiger partial charge is 0.335 e.